The second-order valence-corrected chi connectivity index (χ2v) is 23.2. The normalized spacial score (nSPS) is 13.0. The van der Waals surface area contributed by atoms with Crippen LogP contribution in [0.15, 0.2) is 169 Å². The largest absolute Gasteiger partial charge is 0.505 e. The van der Waals surface area contributed by atoms with Crippen LogP contribution in [-0.4, -0.2) is 102 Å². The van der Waals surface area contributed by atoms with Crippen LogP contribution in [0.25, 0.3) is 32.3 Å². The molecule has 0 atom stereocenters. The fourth-order valence-corrected chi connectivity index (χ4v) is 10.9. The number of aromatic carboxylic acids is 2. The molecule has 0 amide bonds. The summed E-state index contributed by atoms with van der Waals surface area (Å²) in [6.07, 6.45) is 0. The molecule has 0 aromatic heterocycles. The second-order valence-electron chi connectivity index (χ2n) is 16.2. The van der Waals surface area contributed by atoms with Crippen LogP contribution in [0.1, 0.15) is 20.7 Å². The van der Waals surface area contributed by atoms with E-state index in [9.17, 15) is 100.0 Å². The summed E-state index contributed by atoms with van der Waals surface area (Å²) in [5, 5.41) is 80.5. The van der Waals surface area contributed by atoms with Crippen LogP contribution in [0, 0.1) is 0 Å². The van der Waals surface area contributed by atoms with Crippen molar-refractivity contribution in [3.8, 4) is 17.2 Å². The Labute approximate surface area is 446 Å². The van der Waals surface area contributed by atoms with Gasteiger partial charge in [0.15, 0.2) is 17.2 Å². The molecule has 8 aromatic carbocycles. The van der Waals surface area contributed by atoms with Crippen LogP contribution in [0.3, 0.4) is 0 Å². The number of anilines is 1. The number of aromatic hydroxyl groups is 3. The summed E-state index contributed by atoms with van der Waals surface area (Å²) in [4.78, 5) is 17.4. The molecule has 12 N–H and O–H groups in total. The van der Waals surface area contributed by atoms with E-state index in [0.29, 0.717) is 18.2 Å². The van der Waals surface area contributed by atoms with E-state index in [0.717, 1.165) is 66.7 Å². The van der Waals surface area contributed by atoms with Gasteiger partial charge in [0.25, 0.3) is 50.6 Å². The van der Waals surface area contributed by atoms with Gasteiger partial charge < -0.3 is 31.3 Å². The van der Waals surface area contributed by atoms with Gasteiger partial charge in [0.05, 0.1) is 33.6 Å². The molecule has 0 saturated heterocycles. The fraction of sp³-hybridized carbons (Fsp3) is 0. The first-order valence-electron chi connectivity index (χ1n) is 21.1. The first kappa shape index (κ1) is 56.8. The summed E-state index contributed by atoms with van der Waals surface area (Å²) < 4.78 is 176. The average molecular weight is 1200 g/mol. The Bertz CT molecular complexity index is 4800. The number of fused-ring (bicyclic) bond motifs is 3. The molecule has 0 aliphatic carbocycles. The van der Waals surface area contributed by atoms with Crippen LogP contribution in [0.4, 0.5) is 51.2 Å². The third-order valence-corrected chi connectivity index (χ3v) is 15.5. The van der Waals surface area contributed by atoms with E-state index in [2.05, 4.69) is 40.9 Å². The van der Waals surface area contributed by atoms with Crippen LogP contribution in [0.2, 0.25) is 0 Å². The van der Waals surface area contributed by atoms with Gasteiger partial charge in [-0.15, -0.1) is 30.7 Å². The lowest BCUT2D eigenvalue weighted by Crippen LogP contribution is -2.03. The summed E-state index contributed by atoms with van der Waals surface area (Å²) in [5.74, 6) is -6.28. The number of phenolic OH excluding ortho intramolecular Hbond substituents is 3. The maximum atomic E-state index is 12.8. The van der Waals surface area contributed by atoms with Crippen molar-refractivity contribution in [2.24, 2.45) is 40.9 Å². The maximum Gasteiger partial charge on any atom is 0.337 e. The average Bonchev–Trinajstić information content (AvgIpc) is 3.50. The smallest absolute Gasteiger partial charge is 0.337 e. The molecule has 0 aliphatic rings. The Kier molecular flexibility index (Phi) is 14.5. The van der Waals surface area contributed by atoms with Gasteiger partial charge in [-0.2, -0.15) is 52.3 Å². The Morgan fingerprint density at radius 2 is 0.838 bits per heavy atom. The molecule has 31 nitrogen and oxygen atoms in total. The second kappa shape index (κ2) is 20.5. The molecule has 8 aromatic rings. The van der Waals surface area contributed by atoms with Gasteiger partial charge in [0.1, 0.15) is 58.6 Å². The number of rotatable bonds is 15. The van der Waals surface area contributed by atoms with Gasteiger partial charge in [-0.1, -0.05) is 18.2 Å². The Hall–Kier alpha value is -9.37. The predicted octanol–water partition coefficient (Wildman–Crippen LogP) is 9.14. The molecule has 0 saturated carbocycles. The SMILES string of the molecule is Nc1c(N=Nc2ccc3cc(S(=O)(=O)O)c(N=Nc4ccc(C(=O)O)cc4S(=O)(=O)O)c(O)c3c2)c(S(=O)(=O)O)cc2cc(S(=O)(=O)O)c(N=Nc3ccc4c(O)c(N=Nc5ccccc5C(=O)O)c(S(=O)(=O)O)cc4c3)c(O)c12. The minimum absolute atomic E-state index is 0.172. The van der Waals surface area contributed by atoms with E-state index in [1.807, 2.05) is 0 Å². The van der Waals surface area contributed by atoms with Crippen molar-refractivity contribution in [3.05, 3.63) is 114 Å². The highest BCUT2D eigenvalue weighted by Crippen LogP contribution is 2.50. The number of nitrogens with zero attached hydrogens (tertiary/aromatic N) is 8. The summed E-state index contributed by atoms with van der Waals surface area (Å²) in [7, 11) is -26.6. The maximum absolute atomic E-state index is 12.8. The number of nitrogens with two attached hydrogens (primary N) is 1. The van der Waals surface area contributed by atoms with Crippen molar-refractivity contribution < 1.29 is 100.0 Å². The van der Waals surface area contributed by atoms with Gasteiger partial charge in [0, 0.05) is 10.8 Å². The van der Waals surface area contributed by atoms with Gasteiger partial charge in [-0.25, -0.2) is 9.59 Å². The van der Waals surface area contributed by atoms with Crippen molar-refractivity contribution in [2.75, 3.05) is 5.73 Å². The van der Waals surface area contributed by atoms with Gasteiger partial charge in [-0.3, -0.25) is 22.8 Å². The van der Waals surface area contributed by atoms with E-state index in [1.54, 1.807) is 0 Å². The molecule has 412 valence electrons. The molecule has 0 aliphatic heterocycles. The molecule has 0 fully saturated rings. The predicted molar refractivity (Wildman–Crippen MR) is 274 cm³/mol. The monoisotopic (exact) mass is 1200 g/mol. The Morgan fingerprint density at radius 1 is 0.388 bits per heavy atom. The number of hydrogen-bond acceptors (Lipinski definition) is 24. The van der Waals surface area contributed by atoms with Crippen LogP contribution < -0.4 is 5.73 Å². The number of benzene rings is 8. The zero-order chi connectivity index (χ0) is 58.8. The Balaban J connectivity index is 1.23. The van der Waals surface area contributed by atoms with E-state index < -0.39 is 155 Å². The standard InChI is InChI=1S/C44H29N9O22S5/c45-35-34-21(16-33(80(73,74)75)39(42(34)56)51-46-22-8-9-24-20(11-22)14-32(79(70,71)72)37(40(24)54)52-48-27-4-2-1-3-25(27)44(59)60)15-30(77(64,65)66)36(35)50-47-23-7-5-18-12-31(78(67,68)69)38(41(55)26(18)17-23)53-49-28-10-6-19(43(57)58)13-29(28)76(61,62)63/h1-17,54-56H,45H2,(H,57,58)(H,59,60)(H,61,62,63)(H,64,65,66)(H,67,68,69)(H,70,71,72)(H,73,74,75). The number of nitrogen functional groups attached to an aromatic ring is 1. The van der Waals surface area contributed by atoms with Crippen LogP contribution in [0.5, 0.6) is 17.2 Å². The van der Waals surface area contributed by atoms with Crippen molar-refractivity contribution in [1.29, 1.82) is 0 Å². The number of carboxylic acid groups (broad SMARTS) is 2. The summed E-state index contributed by atoms with van der Waals surface area (Å²) in [6, 6.07) is 16.3. The highest BCUT2D eigenvalue weighted by Gasteiger charge is 2.30. The lowest BCUT2D eigenvalue weighted by Gasteiger charge is -2.14. The van der Waals surface area contributed by atoms with E-state index in [4.69, 9.17) is 5.73 Å². The molecule has 0 radical (unpaired) electrons. The third-order valence-electron chi connectivity index (χ3n) is 11.2. The van der Waals surface area contributed by atoms with Gasteiger partial charge >= 0.3 is 11.9 Å². The molecule has 8 rings (SSSR count). The van der Waals surface area contributed by atoms with E-state index >= 15 is 0 Å². The van der Waals surface area contributed by atoms with E-state index in [1.165, 1.54) is 18.2 Å². The number of carbonyl (C=O) groups is 2. The van der Waals surface area contributed by atoms with Crippen LogP contribution in [-0.2, 0) is 50.6 Å². The minimum Gasteiger partial charge on any atom is -0.505 e. The molecule has 0 unspecified atom stereocenters. The van der Waals surface area contributed by atoms with Gasteiger partial charge in [-0.05, 0) is 101 Å². The summed E-state index contributed by atoms with van der Waals surface area (Å²) >= 11 is 0. The number of carboxylic acids is 2. The topological polar surface area (TPSA) is 532 Å². The molecule has 0 bridgehead atoms. The lowest BCUT2D eigenvalue weighted by atomic mass is 10.0. The first-order chi connectivity index (χ1) is 37.1. The van der Waals surface area contributed by atoms with Crippen molar-refractivity contribution in [3.63, 3.8) is 0 Å². The van der Waals surface area contributed by atoms with Crippen molar-refractivity contribution in [2.45, 2.75) is 24.5 Å². The van der Waals surface area contributed by atoms with Gasteiger partial charge in [0.2, 0.25) is 0 Å². The number of phenols is 3. The lowest BCUT2D eigenvalue weighted by molar-refractivity contribution is 0.0686. The minimum atomic E-state index is -5.46. The summed E-state index contributed by atoms with van der Waals surface area (Å²) in [6.45, 7) is 0. The number of hydrogen-bond donors (Lipinski definition) is 11. The highest BCUT2D eigenvalue weighted by molar-refractivity contribution is 7.87. The van der Waals surface area contributed by atoms with E-state index in [-0.39, 0.29) is 44.2 Å². The van der Waals surface area contributed by atoms with Crippen molar-refractivity contribution in [1.82, 2.24) is 0 Å². The molecular weight excluding hydrogens is 1170 g/mol. The molecule has 0 heterocycles. The summed E-state index contributed by atoms with van der Waals surface area (Å²) in [5.41, 5.74) is -1.16. The first-order valence-corrected chi connectivity index (χ1v) is 28.3. The third kappa shape index (κ3) is 11.3. The Morgan fingerprint density at radius 3 is 1.39 bits per heavy atom. The van der Waals surface area contributed by atoms with Crippen LogP contribution >= 0.6 is 0 Å². The highest BCUT2D eigenvalue weighted by atomic mass is 32.2. The molecule has 80 heavy (non-hydrogen) atoms. The quantitative estimate of drug-likeness (QED) is 0.0259. The molecule has 0 spiro atoms. The molecular formula is C44H29N9O22S5. The number of azo groups is 4. The zero-order valence-electron chi connectivity index (χ0n) is 38.9. The molecule has 36 heteroatoms. The zero-order valence-corrected chi connectivity index (χ0v) is 43.0. The van der Waals surface area contributed by atoms with Crippen molar-refractivity contribution >= 4 is 146 Å². The fourth-order valence-electron chi connectivity index (χ4n) is 7.58.